The van der Waals surface area contributed by atoms with Crippen molar-refractivity contribution in [2.24, 2.45) is 7.05 Å². The van der Waals surface area contributed by atoms with Gasteiger partial charge in [-0.2, -0.15) is 5.10 Å². The van der Waals surface area contributed by atoms with E-state index < -0.39 is 0 Å². The highest BCUT2D eigenvalue weighted by Crippen LogP contribution is 2.27. The van der Waals surface area contributed by atoms with Crippen LogP contribution in [0.25, 0.3) is 21.8 Å². The van der Waals surface area contributed by atoms with Crippen molar-refractivity contribution in [2.45, 2.75) is 32.4 Å². The number of fused-ring (bicyclic) bond motifs is 1. The van der Waals surface area contributed by atoms with Crippen molar-refractivity contribution in [3.05, 3.63) is 65.3 Å². The number of hydrogen-bond donors (Lipinski definition) is 1. The molecule has 4 heterocycles. The molecule has 1 aliphatic rings. The zero-order valence-corrected chi connectivity index (χ0v) is 17.7. The summed E-state index contributed by atoms with van der Waals surface area (Å²) in [6, 6.07) is 10.2. The maximum Gasteiger partial charge on any atom is 0.270 e. The average molecular weight is 419 g/mol. The SMILES string of the molecule is Cc1csc(-c2cnn(C)c2C(=O)NC2CCn3cc(-c4ccccc4)nc3C2)n1. The number of aromatic nitrogens is 5. The molecule has 1 aromatic carbocycles. The van der Waals surface area contributed by atoms with Gasteiger partial charge < -0.3 is 9.88 Å². The molecular formula is C22H22N6OS. The third kappa shape index (κ3) is 3.43. The number of imidazole rings is 1. The van der Waals surface area contributed by atoms with Crippen LogP contribution in [0.2, 0.25) is 0 Å². The molecule has 5 rings (SSSR count). The molecule has 0 saturated carbocycles. The molecule has 8 heteroatoms. The monoisotopic (exact) mass is 418 g/mol. The molecule has 3 aromatic heterocycles. The molecule has 0 aliphatic carbocycles. The molecule has 0 radical (unpaired) electrons. The second-order valence-corrected chi connectivity index (χ2v) is 8.45. The van der Waals surface area contributed by atoms with Gasteiger partial charge in [-0.1, -0.05) is 30.3 Å². The lowest BCUT2D eigenvalue weighted by Gasteiger charge is -2.24. The van der Waals surface area contributed by atoms with Crippen LogP contribution in [0.15, 0.2) is 48.1 Å². The summed E-state index contributed by atoms with van der Waals surface area (Å²) >= 11 is 1.53. The van der Waals surface area contributed by atoms with Gasteiger partial charge in [0.2, 0.25) is 0 Å². The zero-order valence-electron chi connectivity index (χ0n) is 16.9. The predicted octanol–water partition coefficient (Wildman–Crippen LogP) is 3.46. The van der Waals surface area contributed by atoms with Crippen LogP contribution in [-0.2, 0) is 20.0 Å². The van der Waals surface area contributed by atoms with Gasteiger partial charge in [-0.15, -0.1) is 11.3 Å². The number of aryl methyl sites for hydroxylation is 3. The highest BCUT2D eigenvalue weighted by Gasteiger charge is 2.26. The van der Waals surface area contributed by atoms with Crippen molar-refractivity contribution >= 4 is 17.2 Å². The number of rotatable bonds is 4. The fourth-order valence-corrected chi connectivity index (χ4v) is 4.70. The summed E-state index contributed by atoms with van der Waals surface area (Å²) in [4.78, 5) is 22.4. The second-order valence-electron chi connectivity index (χ2n) is 7.59. The van der Waals surface area contributed by atoms with Gasteiger partial charge in [0.05, 0.1) is 17.5 Å². The van der Waals surface area contributed by atoms with E-state index in [1.165, 1.54) is 11.3 Å². The summed E-state index contributed by atoms with van der Waals surface area (Å²) in [6.45, 7) is 2.79. The Bertz CT molecular complexity index is 1210. The first-order chi connectivity index (χ1) is 14.6. The van der Waals surface area contributed by atoms with E-state index in [1.54, 1.807) is 17.9 Å². The zero-order chi connectivity index (χ0) is 20.7. The topological polar surface area (TPSA) is 77.6 Å². The average Bonchev–Trinajstić information content (AvgIpc) is 3.46. The minimum Gasteiger partial charge on any atom is -0.347 e. The van der Waals surface area contributed by atoms with Crippen LogP contribution in [0, 0.1) is 6.92 Å². The Hall–Kier alpha value is -3.26. The van der Waals surface area contributed by atoms with Gasteiger partial charge in [0.15, 0.2) is 0 Å². The molecular weight excluding hydrogens is 396 g/mol. The minimum atomic E-state index is -0.119. The largest absolute Gasteiger partial charge is 0.347 e. The van der Waals surface area contributed by atoms with Gasteiger partial charge in [0, 0.05) is 48.9 Å². The van der Waals surface area contributed by atoms with Crippen LogP contribution in [0.5, 0.6) is 0 Å². The van der Waals surface area contributed by atoms with Crippen molar-refractivity contribution in [2.75, 3.05) is 0 Å². The van der Waals surface area contributed by atoms with Crippen LogP contribution in [0.4, 0.5) is 0 Å². The molecule has 1 aliphatic heterocycles. The van der Waals surface area contributed by atoms with Crippen LogP contribution in [0.1, 0.15) is 28.4 Å². The van der Waals surface area contributed by atoms with Gasteiger partial charge >= 0.3 is 0 Å². The third-order valence-electron chi connectivity index (χ3n) is 5.41. The van der Waals surface area contributed by atoms with E-state index in [1.807, 2.05) is 30.5 Å². The number of amides is 1. The smallest absolute Gasteiger partial charge is 0.270 e. The van der Waals surface area contributed by atoms with E-state index in [2.05, 4.69) is 38.3 Å². The maximum atomic E-state index is 13.1. The van der Waals surface area contributed by atoms with Crippen molar-refractivity contribution in [3.63, 3.8) is 0 Å². The lowest BCUT2D eigenvalue weighted by Crippen LogP contribution is -2.41. The number of carbonyl (C=O) groups is 1. The van der Waals surface area contributed by atoms with Crippen LogP contribution in [-0.4, -0.2) is 36.3 Å². The van der Waals surface area contributed by atoms with E-state index in [9.17, 15) is 4.79 Å². The minimum absolute atomic E-state index is 0.0387. The van der Waals surface area contributed by atoms with Crippen molar-refractivity contribution < 1.29 is 4.79 Å². The third-order valence-corrected chi connectivity index (χ3v) is 6.41. The molecule has 30 heavy (non-hydrogen) atoms. The Balaban J connectivity index is 1.34. The molecule has 1 amide bonds. The molecule has 1 N–H and O–H groups in total. The van der Waals surface area contributed by atoms with Crippen molar-refractivity contribution in [3.8, 4) is 21.8 Å². The molecule has 1 unspecified atom stereocenters. The Morgan fingerprint density at radius 1 is 1.23 bits per heavy atom. The summed E-state index contributed by atoms with van der Waals surface area (Å²) in [5.41, 5.74) is 4.35. The Labute approximate surface area is 178 Å². The van der Waals surface area contributed by atoms with Crippen LogP contribution in [0.3, 0.4) is 0 Å². The molecule has 0 spiro atoms. The van der Waals surface area contributed by atoms with E-state index in [0.29, 0.717) is 12.1 Å². The van der Waals surface area contributed by atoms with Crippen molar-refractivity contribution in [1.82, 2.24) is 29.6 Å². The van der Waals surface area contributed by atoms with Crippen molar-refractivity contribution in [1.29, 1.82) is 0 Å². The lowest BCUT2D eigenvalue weighted by molar-refractivity contribution is 0.0921. The Morgan fingerprint density at radius 2 is 2.07 bits per heavy atom. The summed E-state index contributed by atoms with van der Waals surface area (Å²) in [5.74, 6) is 0.886. The predicted molar refractivity (Wildman–Crippen MR) is 116 cm³/mol. The molecule has 4 aromatic rings. The lowest BCUT2D eigenvalue weighted by atomic mass is 10.1. The fraction of sp³-hybridized carbons (Fsp3) is 0.273. The summed E-state index contributed by atoms with van der Waals surface area (Å²) < 4.78 is 3.82. The molecule has 7 nitrogen and oxygen atoms in total. The first-order valence-corrected chi connectivity index (χ1v) is 10.8. The quantitative estimate of drug-likeness (QED) is 0.551. The highest BCUT2D eigenvalue weighted by atomic mass is 32.1. The molecule has 1 atom stereocenters. The maximum absolute atomic E-state index is 13.1. The number of nitrogens with zero attached hydrogens (tertiary/aromatic N) is 5. The standard InChI is InChI=1S/C22H22N6OS/c1-14-13-30-22(24-14)17-11-23-27(2)20(17)21(29)25-16-8-9-28-12-18(26-19(28)10-16)15-6-4-3-5-7-15/h3-7,11-13,16H,8-10H2,1-2H3,(H,25,29). The molecule has 0 saturated heterocycles. The highest BCUT2D eigenvalue weighted by molar-refractivity contribution is 7.13. The first kappa shape index (κ1) is 18.7. The number of benzene rings is 1. The van der Waals surface area contributed by atoms with Gasteiger partial charge in [-0.3, -0.25) is 9.48 Å². The Kier molecular flexibility index (Phi) is 4.71. The van der Waals surface area contributed by atoms with Gasteiger partial charge in [-0.25, -0.2) is 9.97 Å². The molecule has 0 fully saturated rings. The van der Waals surface area contributed by atoms with Crippen LogP contribution >= 0.6 is 11.3 Å². The van der Waals surface area contributed by atoms with E-state index in [0.717, 1.165) is 46.3 Å². The van der Waals surface area contributed by atoms with Crippen LogP contribution < -0.4 is 5.32 Å². The number of nitrogens with one attached hydrogen (secondary N) is 1. The summed E-state index contributed by atoms with van der Waals surface area (Å²) in [6.07, 6.45) is 5.40. The van der Waals surface area contributed by atoms with Gasteiger partial charge in [0.1, 0.15) is 16.5 Å². The summed E-state index contributed by atoms with van der Waals surface area (Å²) in [5, 5.41) is 10.3. The van der Waals surface area contributed by atoms with E-state index in [4.69, 9.17) is 4.98 Å². The molecule has 0 bridgehead atoms. The van der Waals surface area contributed by atoms with Gasteiger partial charge in [0.25, 0.3) is 5.91 Å². The second kappa shape index (κ2) is 7.53. The Morgan fingerprint density at radius 3 is 2.83 bits per heavy atom. The van der Waals surface area contributed by atoms with E-state index >= 15 is 0 Å². The first-order valence-electron chi connectivity index (χ1n) is 9.95. The number of hydrogen-bond acceptors (Lipinski definition) is 5. The fourth-order valence-electron chi connectivity index (χ4n) is 3.89. The summed E-state index contributed by atoms with van der Waals surface area (Å²) in [7, 11) is 1.79. The number of thiazole rings is 1. The van der Waals surface area contributed by atoms with Gasteiger partial charge in [-0.05, 0) is 13.3 Å². The molecule has 152 valence electrons. The number of carbonyl (C=O) groups excluding carboxylic acids is 1. The normalized spacial score (nSPS) is 15.7. The van der Waals surface area contributed by atoms with E-state index in [-0.39, 0.29) is 11.9 Å².